The molecule has 0 bridgehead atoms. The Morgan fingerprint density at radius 1 is 1.27 bits per heavy atom. The lowest BCUT2D eigenvalue weighted by Gasteiger charge is -2.17. The van der Waals surface area contributed by atoms with Crippen molar-refractivity contribution in [3.63, 3.8) is 0 Å². The SMILES string of the molecule is C=C(F)c1c(C)c2c(c(C(=O)O)c1C/C=C(\C)CCC(=O)O)C(=O)OC2. The van der Waals surface area contributed by atoms with Crippen molar-refractivity contribution in [3.8, 4) is 0 Å². The van der Waals surface area contributed by atoms with Crippen molar-refractivity contribution in [2.24, 2.45) is 0 Å². The highest BCUT2D eigenvalue weighted by atomic mass is 19.1. The topological polar surface area (TPSA) is 101 Å². The van der Waals surface area contributed by atoms with Gasteiger partial charge in [0.2, 0.25) is 0 Å². The van der Waals surface area contributed by atoms with Crippen LogP contribution in [0.5, 0.6) is 0 Å². The number of aromatic carboxylic acids is 1. The number of fused-ring (bicyclic) bond motifs is 1. The molecule has 1 aromatic rings. The summed E-state index contributed by atoms with van der Waals surface area (Å²) >= 11 is 0. The smallest absolute Gasteiger partial charge is 0.339 e. The van der Waals surface area contributed by atoms with E-state index in [0.717, 1.165) is 5.57 Å². The number of halogens is 1. The quantitative estimate of drug-likeness (QED) is 0.567. The molecule has 2 rings (SSSR count). The molecule has 0 unspecified atom stereocenters. The number of ether oxygens (including phenoxy) is 1. The molecule has 138 valence electrons. The van der Waals surface area contributed by atoms with Gasteiger partial charge in [0.25, 0.3) is 0 Å². The molecule has 0 aliphatic carbocycles. The number of hydrogen-bond donors (Lipinski definition) is 2. The van der Waals surface area contributed by atoms with Gasteiger partial charge in [-0.2, -0.15) is 0 Å². The first kappa shape index (κ1) is 19.4. The fraction of sp³-hybridized carbons (Fsp3) is 0.316. The number of allylic oxidation sites excluding steroid dienone is 2. The Balaban J connectivity index is 2.61. The number of carboxylic acid groups (broad SMARTS) is 2. The lowest BCUT2D eigenvalue weighted by molar-refractivity contribution is -0.136. The van der Waals surface area contributed by atoms with Crippen molar-refractivity contribution in [1.29, 1.82) is 0 Å². The van der Waals surface area contributed by atoms with Gasteiger partial charge in [0, 0.05) is 17.5 Å². The van der Waals surface area contributed by atoms with E-state index >= 15 is 0 Å². The lowest BCUT2D eigenvalue weighted by Crippen LogP contribution is -2.14. The fourth-order valence-corrected chi connectivity index (χ4v) is 3.10. The molecule has 1 aliphatic heterocycles. The summed E-state index contributed by atoms with van der Waals surface area (Å²) in [5.41, 5.74) is 1.36. The molecular weight excluding hydrogens is 343 g/mol. The molecule has 0 fully saturated rings. The maximum atomic E-state index is 14.1. The van der Waals surface area contributed by atoms with E-state index in [9.17, 15) is 23.9 Å². The fourth-order valence-electron chi connectivity index (χ4n) is 3.10. The van der Waals surface area contributed by atoms with Gasteiger partial charge in [-0.15, -0.1) is 0 Å². The first-order valence-electron chi connectivity index (χ1n) is 7.96. The predicted molar refractivity (Wildman–Crippen MR) is 91.7 cm³/mol. The second-order valence-corrected chi connectivity index (χ2v) is 6.14. The molecule has 0 saturated heterocycles. The van der Waals surface area contributed by atoms with Gasteiger partial charge in [0.15, 0.2) is 0 Å². The Labute approximate surface area is 149 Å². The van der Waals surface area contributed by atoms with E-state index in [1.165, 1.54) is 0 Å². The highest BCUT2D eigenvalue weighted by molar-refractivity contribution is 6.07. The van der Waals surface area contributed by atoms with Crippen molar-refractivity contribution in [2.45, 2.75) is 39.7 Å². The van der Waals surface area contributed by atoms with E-state index in [1.807, 2.05) is 0 Å². The molecule has 0 saturated carbocycles. The number of carboxylic acids is 2. The molecule has 7 heteroatoms. The molecular formula is C19H19FO6. The second-order valence-electron chi connectivity index (χ2n) is 6.14. The number of hydrogen-bond acceptors (Lipinski definition) is 4. The average molecular weight is 362 g/mol. The summed E-state index contributed by atoms with van der Waals surface area (Å²) in [5.74, 6) is -3.84. The van der Waals surface area contributed by atoms with Gasteiger partial charge in [-0.1, -0.05) is 18.2 Å². The Morgan fingerprint density at radius 2 is 1.92 bits per heavy atom. The number of carbonyl (C=O) groups is 3. The minimum absolute atomic E-state index is 0.0345. The van der Waals surface area contributed by atoms with Crippen LogP contribution in [-0.2, 0) is 22.6 Å². The van der Waals surface area contributed by atoms with Crippen molar-refractivity contribution >= 4 is 23.7 Å². The molecule has 6 nitrogen and oxygen atoms in total. The first-order valence-corrected chi connectivity index (χ1v) is 7.96. The predicted octanol–water partition coefficient (Wildman–Crippen LogP) is 3.66. The summed E-state index contributed by atoms with van der Waals surface area (Å²) in [6.07, 6.45) is 1.90. The lowest BCUT2D eigenvalue weighted by atomic mass is 9.85. The molecule has 0 aromatic heterocycles. The highest BCUT2D eigenvalue weighted by Gasteiger charge is 2.34. The van der Waals surface area contributed by atoms with Gasteiger partial charge < -0.3 is 14.9 Å². The van der Waals surface area contributed by atoms with Gasteiger partial charge in [-0.05, 0) is 37.8 Å². The highest BCUT2D eigenvalue weighted by Crippen LogP contribution is 2.37. The van der Waals surface area contributed by atoms with E-state index in [2.05, 4.69) is 6.58 Å². The Bertz CT molecular complexity index is 850. The Hall–Kier alpha value is -2.96. The molecule has 1 aliphatic rings. The van der Waals surface area contributed by atoms with Gasteiger partial charge in [0.05, 0.1) is 11.1 Å². The summed E-state index contributed by atoms with van der Waals surface area (Å²) < 4.78 is 19.1. The van der Waals surface area contributed by atoms with Crippen LogP contribution < -0.4 is 0 Å². The molecule has 1 aromatic carbocycles. The third-order valence-electron chi connectivity index (χ3n) is 4.41. The van der Waals surface area contributed by atoms with Crippen LogP contribution in [0.15, 0.2) is 18.2 Å². The van der Waals surface area contributed by atoms with Crippen LogP contribution in [0, 0.1) is 6.92 Å². The number of carbonyl (C=O) groups excluding carboxylic acids is 1. The largest absolute Gasteiger partial charge is 0.481 e. The number of benzene rings is 1. The maximum Gasteiger partial charge on any atom is 0.339 e. The van der Waals surface area contributed by atoms with E-state index < -0.39 is 23.7 Å². The number of esters is 1. The minimum Gasteiger partial charge on any atom is -0.481 e. The van der Waals surface area contributed by atoms with Gasteiger partial charge in [0.1, 0.15) is 12.4 Å². The van der Waals surface area contributed by atoms with Crippen LogP contribution in [0.1, 0.15) is 62.7 Å². The van der Waals surface area contributed by atoms with Crippen molar-refractivity contribution in [1.82, 2.24) is 0 Å². The van der Waals surface area contributed by atoms with E-state index in [1.54, 1.807) is 19.9 Å². The summed E-state index contributed by atoms with van der Waals surface area (Å²) in [7, 11) is 0. The summed E-state index contributed by atoms with van der Waals surface area (Å²) in [4.78, 5) is 34.5. The van der Waals surface area contributed by atoms with Crippen LogP contribution in [0.3, 0.4) is 0 Å². The van der Waals surface area contributed by atoms with Crippen LogP contribution in [-0.4, -0.2) is 28.1 Å². The summed E-state index contributed by atoms with van der Waals surface area (Å²) in [5, 5.41) is 18.4. The monoisotopic (exact) mass is 362 g/mol. The average Bonchev–Trinajstić information content (AvgIpc) is 2.92. The van der Waals surface area contributed by atoms with E-state index in [4.69, 9.17) is 9.84 Å². The van der Waals surface area contributed by atoms with Gasteiger partial charge in [-0.3, -0.25) is 4.79 Å². The van der Waals surface area contributed by atoms with Crippen molar-refractivity contribution in [3.05, 3.63) is 51.6 Å². The number of aliphatic carboxylic acids is 1. The molecule has 0 atom stereocenters. The summed E-state index contributed by atoms with van der Waals surface area (Å²) in [6, 6.07) is 0. The van der Waals surface area contributed by atoms with E-state index in [-0.39, 0.29) is 48.1 Å². The van der Waals surface area contributed by atoms with Crippen LogP contribution in [0.25, 0.3) is 5.83 Å². The second kappa shape index (κ2) is 7.51. The molecule has 0 radical (unpaired) electrons. The van der Waals surface area contributed by atoms with Crippen LogP contribution >= 0.6 is 0 Å². The molecule has 1 heterocycles. The van der Waals surface area contributed by atoms with Crippen molar-refractivity contribution in [2.75, 3.05) is 0 Å². The molecule has 0 amide bonds. The standard InChI is InChI=1S/C19H19FO6/c1-9(5-7-14(21)22)4-6-12-15(11(3)20)10(2)13-8-26-19(25)17(13)16(12)18(23)24/h4H,3,5-8H2,1-2H3,(H,21,22)(H,23,24)/b9-4+. The normalized spacial score (nSPS) is 13.3. The zero-order valence-corrected chi connectivity index (χ0v) is 14.5. The summed E-state index contributed by atoms with van der Waals surface area (Å²) in [6.45, 7) is 6.50. The zero-order valence-electron chi connectivity index (χ0n) is 14.5. The third-order valence-corrected chi connectivity index (χ3v) is 4.41. The van der Waals surface area contributed by atoms with E-state index in [0.29, 0.717) is 11.1 Å². The Morgan fingerprint density at radius 3 is 2.46 bits per heavy atom. The van der Waals surface area contributed by atoms with Crippen LogP contribution in [0.4, 0.5) is 4.39 Å². The maximum absolute atomic E-state index is 14.1. The van der Waals surface area contributed by atoms with Crippen LogP contribution in [0.2, 0.25) is 0 Å². The first-order chi connectivity index (χ1) is 12.1. The number of cyclic esters (lactones) is 1. The molecule has 26 heavy (non-hydrogen) atoms. The Kier molecular flexibility index (Phi) is 5.59. The number of rotatable bonds is 7. The molecule has 2 N–H and O–H groups in total. The van der Waals surface area contributed by atoms with Crippen molar-refractivity contribution < 1.29 is 33.7 Å². The minimum atomic E-state index is -1.35. The zero-order chi connectivity index (χ0) is 19.6. The van der Waals surface area contributed by atoms with Gasteiger partial charge >= 0.3 is 17.9 Å². The third kappa shape index (κ3) is 3.66. The van der Waals surface area contributed by atoms with Gasteiger partial charge in [-0.25, -0.2) is 14.0 Å². The molecule has 0 spiro atoms.